The number of H-pyrrole nitrogens is 1. The van der Waals surface area contributed by atoms with E-state index in [1.54, 1.807) is 6.07 Å². The first-order valence-electron chi connectivity index (χ1n) is 8.51. The van der Waals surface area contributed by atoms with Crippen molar-refractivity contribution < 1.29 is 14.3 Å². The summed E-state index contributed by atoms with van der Waals surface area (Å²) in [6.07, 6.45) is 2.80. The first kappa shape index (κ1) is 20.2. The molecule has 7 heteroatoms. The van der Waals surface area contributed by atoms with E-state index in [-0.39, 0.29) is 17.9 Å². The van der Waals surface area contributed by atoms with E-state index < -0.39 is 0 Å². The number of aromatic nitrogens is 2. The predicted molar refractivity (Wildman–Crippen MR) is 93.2 cm³/mol. The summed E-state index contributed by atoms with van der Waals surface area (Å²) in [5, 5.41) is 9.35. The number of aromatic amines is 1. The molecule has 0 radical (unpaired) electrons. The molecule has 0 saturated carbocycles. The zero-order chi connectivity index (χ0) is 18.1. The van der Waals surface area contributed by atoms with Gasteiger partial charge in [-0.2, -0.15) is 0 Å². The van der Waals surface area contributed by atoms with Crippen molar-refractivity contribution in [3.05, 3.63) is 11.8 Å². The van der Waals surface area contributed by atoms with Crippen molar-refractivity contribution in [1.29, 1.82) is 0 Å². The van der Waals surface area contributed by atoms with Gasteiger partial charge in [0.05, 0.1) is 6.10 Å². The minimum atomic E-state index is 0.0813. The van der Waals surface area contributed by atoms with Crippen molar-refractivity contribution in [3.8, 4) is 5.88 Å². The van der Waals surface area contributed by atoms with Gasteiger partial charge in [-0.25, -0.2) is 0 Å². The molecule has 1 aromatic heterocycles. The molecule has 136 valence electrons. The quantitative estimate of drug-likeness (QED) is 0.773. The smallest absolute Gasteiger partial charge is 0.233 e. The van der Waals surface area contributed by atoms with E-state index in [0.29, 0.717) is 23.9 Å². The van der Waals surface area contributed by atoms with Crippen molar-refractivity contribution in [2.45, 2.75) is 52.7 Å². The third-order valence-electron chi connectivity index (χ3n) is 3.86. The molecule has 1 amide bonds. The highest BCUT2D eigenvalue weighted by molar-refractivity contribution is 5.78. The maximum absolute atomic E-state index is 11.5. The molecule has 0 bridgehead atoms. The number of hydrogen-bond donors (Lipinski definition) is 2. The molecule has 1 saturated heterocycles. The molecule has 24 heavy (non-hydrogen) atoms. The number of amides is 1. The Morgan fingerprint density at radius 2 is 2.25 bits per heavy atom. The van der Waals surface area contributed by atoms with Gasteiger partial charge >= 0.3 is 0 Å². The Kier molecular flexibility index (Phi) is 8.46. The molecular formula is C17H30N4O3. The van der Waals surface area contributed by atoms with Crippen LogP contribution in [0.5, 0.6) is 5.88 Å². The minimum absolute atomic E-state index is 0.0813. The molecule has 2 unspecified atom stereocenters. The average molecular weight is 338 g/mol. The van der Waals surface area contributed by atoms with Crippen LogP contribution in [-0.2, 0) is 4.79 Å². The number of aldehydes is 1. The second-order valence-electron chi connectivity index (χ2n) is 6.51. The zero-order valence-electron chi connectivity index (χ0n) is 15.3. The van der Waals surface area contributed by atoms with Crippen LogP contribution in [0, 0.1) is 5.92 Å². The van der Waals surface area contributed by atoms with E-state index in [4.69, 9.17) is 4.74 Å². The van der Waals surface area contributed by atoms with Crippen LogP contribution in [0.1, 0.15) is 51.0 Å². The van der Waals surface area contributed by atoms with E-state index in [1.165, 1.54) is 0 Å². The minimum Gasteiger partial charge on any atom is -0.474 e. The Labute approximate surface area is 144 Å². The standard InChI is InChI=1S/C10H20N2O.C7H10N2O2/c1-4-8(2)10(13)11-9-5-6-12(3)7-9;1-5(2)11-7-3-6(4-10)8-9-7/h8-9H,4-7H2,1-3H3,(H,11,13);3-5H,1-2H3,(H,8,9). The second kappa shape index (κ2) is 10.1. The molecule has 1 aliphatic heterocycles. The molecule has 1 aromatic rings. The maximum Gasteiger partial charge on any atom is 0.233 e. The summed E-state index contributed by atoms with van der Waals surface area (Å²) in [6.45, 7) is 9.93. The highest BCUT2D eigenvalue weighted by atomic mass is 16.5. The third-order valence-corrected chi connectivity index (χ3v) is 3.86. The second-order valence-corrected chi connectivity index (χ2v) is 6.51. The largest absolute Gasteiger partial charge is 0.474 e. The lowest BCUT2D eigenvalue weighted by atomic mass is 10.1. The van der Waals surface area contributed by atoms with Crippen molar-refractivity contribution in [2.75, 3.05) is 20.1 Å². The number of carbonyl (C=O) groups excluding carboxylic acids is 2. The lowest BCUT2D eigenvalue weighted by molar-refractivity contribution is -0.125. The van der Waals surface area contributed by atoms with E-state index >= 15 is 0 Å². The maximum atomic E-state index is 11.5. The number of ether oxygens (including phenoxy) is 1. The fourth-order valence-corrected chi connectivity index (χ4v) is 2.26. The van der Waals surface area contributed by atoms with Crippen LogP contribution < -0.4 is 10.1 Å². The number of nitrogens with one attached hydrogen (secondary N) is 2. The Hall–Kier alpha value is -1.89. The van der Waals surface area contributed by atoms with Crippen LogP contribution in [0.4, 0.5) is 0 Å². The Balaban J connectivity index is 0.000000243. The van der Waals surface area contributed by atoms with Crippen LogP contribution in [-0.4, -0.2) is 59.6 Å². The molecule has 2 N–H and O–H groups in total. The van der Waals surface area contributed by atoms with E-state index in [0.717, 1.165) is 25.9 Å². The van der Waals surface area contributed by atoms with Gasteiger partial charge in [-0.3, -0.25) is 14.7 Å². The number of hydrogen-bond acceptors (Lipinski definition) is 5. The number of likely N-dealkylation sites (tertiary alicyclic amines) is 1. The SMILES string of the molecule is CC(C)Oc1cc(C=O)[nH]n1.CCC(C)C(=O)NC1CCN(C)C1. The summed E-state index contributed by atoms with van der Waals surface area (Å²) in [4.78, 5) is 23.9. The molecule has 0 spiro atoms. The van der Waals surface area contributed by atoms with Crippen LogP contribution in [0.25, 0.3) is 0 Å². The van der Waals surface area contributed by atoms with E-state index in [9.17, 15) is 9.59 Å². The average Bonchev–Trinajstić information content (AvgIpc) is 3.15. The summed E-state index contributed by atoms with van der Waals surface area (Å²) in [6, 6.07) is 1.94. The Morgan fingerprint density at radius 1 is 1.54 bits per heavy atom. The summed E-state index contributed by atoms with van der Waals surface area (Å²) in [5.74, 6) is 0.829. The molecule has 0 aromatic carbocycles. The van der Waals surface area contributed by atoms with Crippen molar-refractivity contribution in [3.63, 3.8) is 0 Å². The first-order chi connectivity index (χ1) is 11.3. The molecule has 7 nitrogen and oxygen atoms in total. The summed E-state index contributed by atoms with van der Waals surface area (Å²) in [5.41, 5.74) is 0.431. The van der Waals surface area contributed by atoms with Crippen molar-refractivity contribution >= 4 is 12.2 Å². The molecule has 2 heterocycles. The predicted octanol–water partition coefficient (Wildman–Crippen LogP) is 1.86. The topological polar surface area (TPSA) is 87.3 Å². The number of nitrogens with zero attached hydrogens (tertiary/aromatic N) is 2. The molecule has 1 fully saturated rings. The summed E-state index contributed by atoms with van der Waals surface area (Å²) in [7, 11) is 2.09. The van der Waals surface area contributed by atoms with Gasteiger partial charge < -0.3 is 15.0 Å². The lowest BCUT2D eigenvalue weighted by Gasteiger charge is -2.15. The third kappa shape index (κ3) is 7.12. The van der Waals surface area contributed by atoms with Gasteiger partial charge in [0.2, 0.25) is 11.8 Å². The summed E-state index contributed by atoms with van der Waals surface area (Å²) < 4.78 is 5.20. The van der Waals surface area contributed by atoms with Gasteiger partial charge in [0.25, 0.3) is 0 Å². The summed E-state index contributed by atoms with van der Waals surface area (Å²) >= 11 is 0. The first-order valence-corrected chi connectivity index (χ1v) is 8.51. The van der Waals surface area contributed by atoms with Crippen molar-refractivity contribution in [2.24, 2.45) is 5.92 Å². The van der Waals surface area contributed by atoms with Crippen LogP contribution in [0.15, 0.2) is 6.07 Å². The zero-order valence-corrected chi connectivity index (χ0v) is 15.3. The fourth-order valence-electron chi connectivity index (χ4n) is 2.26. The van der Waals surface area contributed by atoms with Gasteiger partial charge in [-0.1, -0.05) is 13.8 Å². The van der Waals surface area contributed by atoms with E-state index in [1.807, 2.05) is 27.7 Å². The number of carbonyl (C=O) groups is 2. The van der Waals surface area contributed by atoms with Gasteiger partial charge in [0.15, 0.2) is 6.29 Å². The number of rotatable bonds is 6. The van der Waals surface area contributed by atoms with Gasteiger partial charge in [0, 0.05) is 24.6 Å². The van der Waals surface area contributed by atoms with Gasteiger partial charge in [-0.05, 0) is 40.3 Å². The van der Waals surface area contributed by atoms with Gasteiger partial charge in [-0.15, -0.1) is 5.10 Å². The monoisotopic (exact) mass is 338 g/mol. The Morgan fingerprint density at radius 3 is 2.71 bits per heavy atom. The van der Waals surface area contributed by atoms with Crippen LogP contribution >= 0.6 is 0 Å². The molecule has 2 atom stereocenters. The highest BCUT2D eigenvalue weighted by Gasteiger charge is 2.22. The number of likely N-dealkylation sites (N-methyl/N-ethyl adjacent to an activating group) is 1. The van der Waals surface area contributed by atoms with Crippen molar-refractivity contribution in [1.82, 2.24) is 20.4 Å². The van der Waals surface area contributed by atoms with Crippen LogP contribution in [0.3, 0.4) is 0 Å². The van der Waals surface area contributed by atoms with E-state index in [2.05, 4.69) is 27.5 Å². The molecule has 2 rings (SSSR count). The molecule has 0 aliphatic carbocycles. The van der Waals surface area contributed by atoms with Crippen LogP contribution in [0.2, 0.25) is 0 Å². The Bertz CT molecular complexity index is 516. The van der Waals surface area contributed by atoms with Gasteiger partial charge in [0.1, 0.15) is 5.69 Å². The normalized spacial score (nSPS) is 18.7. The fraction of sp³-hybridized carbons (Fsp3) is 0.706. The molecular weight excluding hydrogens is 308 g/mol. The highest BCUT2D eigenvalue weighted by Crippen LogP contribution is 2.09. The molecule has 1 aliphatic rings. The lowest BCUT2D eigenvalue weighted by Crippen LogP contribution is -2.39.